The first-order chi connectivity index (χ1) is 14.1. The lowest BCUT2D eigenvalue weighted by Crippen LogP contribution is -2.54. The number of anilines is 2. The highest BCUT2D eigenvalue weighted by molar-refractivity contribution is 7.00. The number of hydrogen-bond acceptors (Lipinski definition) is 6. The molecule has 0 bridgehead atoms. The van der Waals surface area contributed by atoms with Gasteiger partial charge in [-0.1, -0.05) is 24.3 Å². The number of hydrogen-bond donors (Lipinski definition) is 2. The number of benzene rings is 2. The van der Waals surface area contributed by atoms with Crippen LogP contribution in [0.3, 0.4) is 0 Å². The topological polar surface area (TPSA) is 90.5 Å². The molecular weight excluding hydrogens is 388 g/mol. The predicted octanol–water partition coefficient (Wildman–Crippen LogP) is 2.55. The summed E-state index contributed by atoms with van der Waals surface area (Å²) in [6.45, 7) is 4.41. The molecule has 0 unspecified atom stereocenters. The number of piperazine rings is 1. The number of fused-ring (bicyclic) bond motifs is 1. The molecule has 1 aliphatic heterocycles. The molecule has 1 aliphatic rings. The molecule has 0 spiro atoms. The summed E-state index contributed by atoms with van der Waals surface area (Å²) in [4.78, 5) is 29.1. The van der Waals surface area contributed by atoms with Gasteiger partial charge < -0.3 is 20.4 Å². The van der Waals surface area contributed by atoms with E-state index in [2.05, 4.69) is 36.4 Å². The first kappa shape index (κ1) is 19.1. The van der Waals surface area contributed by atoms with Gasteiger partial charge in [0.25, 0.3) is 0 Å². The summed E-state index contributed by atoms with van der Waals surface area (Å²) in [6, 6.07) is 14.7. The smallest absolute Gasteiger partial charge is 0.318 e. The van der Waals surface area contributed by atoms with Crippen molar-refractivity contribution in [2.75, 3.05) is 36.4 Å². The van der Waals surface area contributed by atoms with E-state index in [4.69, 9.17) is 0 Å². The van der Waals surface area contributed by atoms with E-state index in [0.29, 0.717) is 24.3 Å². The number of nitrogens with one attached hydrogen (secondary N) is 2. The molecule has 3 aromatic rings. The molecule has 1 atom stereocenters. The Hall–Kier alpha value is -3.20. The molecule has 3 amide bonds. The molecule has 0 saturated carbocycles. The Morgan fingerprint density at radius 2 is 1.76 bits per heavy atom. The first-order valence-electron chi connectivity index (χ1n) is 9.49. The Balaban J connectivity index is 1.30. The zero-order chi connectivity index (χ0) is 20.2. The highest BCUT2D eigenvalue weighted by Crippen LogP contribution is 2.21. The SMILES string of the molecule is C[C@@H](NC(=O)N1CCN(c2ccccc2)CC1)C(=O)Nc1cccc2nsnc12. The van der Waals surface area contributed by atoms with Gasteiger partial charge in [0.1, 0.15) is 17.1 Å². The van der Waals surface area contributed by atoms with Crippen LogP contribution in [0.5, 0.6) is 0 Å². The number of aromatic nitrogens is 2. The maximum atomic E-state index is 12.6. The van der Waals surface area contributed by atoms with E-state index >= 15 is 0 Å². The van der Waals surface area contributed by atoms with Crippen molar-refractivity contribution in [3.05, 3.63) is 48.5 Å². The van der Waals surface area contributed by atoms with E-state index in [1.165, 1.54) is 0 Å². The Labute approximate surface area is 172 Å². The zero-order valence-corrected chi connectivity index (χ0v) is 16.9. The van der Waals surface area contributed by atoms with Crippen molar-refractivity contribution in [2.45, 2.75) is 13.0 Å². The highest BCUT2D eigenvalue weighted by atomic mass is 32.1. The fraction of sp³-hybridized carbons (Fsp3) is 0.300. The molecule has 2 heterocycles. The fourth-order valence-corrected chi connectivity index (χ4v) is 3.85. The van der Waals surface area contributed by atoms with E-state index in [0.717, 1.165) is 36.0 Å². The van der Waals surface area contributed by atoms with Gasteiger partial charge in [0.05, 0.1) is 17.4 Å². The summed E-state index contributed by atoms with van der Waals surface area (Å²) in [5.74, 6) is -0.290. The van der Waals surface area contributed by atoms with E-state index in [1.54, 1.807) is 17.9 Å². The van der Waals surface area contributed by atoms with Gasteiger partial charge in [-0.2, -0.15) is 8.75 Å². The third kappa shape index (κ3) is 4.29. The average molecular weight is 411 g/mol. The minimum absolute atomic E-state index is 0.228. The summed E-state index contributed by atoms with van der Waals surface area (Å²) in [5.41, 5.74) is 3.15. The fourth-order valence-electron chi connectivity index (χ4n) is 3.30. The average Bonchev–Trinajstić information content (AvgIpc) is 3.24. The Kier molecular flexibility index (Phi) is 5.57. The van der Waals surface area contributed by atoms with Crippen LogP contribution >= 0.6 is 11.7 Å². The largest absolute Gasteiger partial charge is 0.368 e. The number of urea groups is 1. The third-order valence-corrected chi connectivity index (χ3v) is 5.51. The molecule has 2 N–H and O–H groups in total. The van der Waals surface area contributed by atoms with Gasteiger partial charge in [-0.05, 0) is 31.2 Å². The second kappa shape index (κ2) is 8.44. The normalized spacial score (nSPS) is 15.2. The van der Waals surface area contributed by atoms with Crippen LogP contribution in [0.4, 0.5) is 16.2 Å². The van der Waals surface area contributed by atoms with Crippen molar-refractivity contribution in [1.82, 2.24) is 19.0 Å². The summed E-state index contributed by atoms with van der Waals surface area (Å²) < 4.78 is 8.38. The molecular formula is C20H22N6O2S. The van der Waals surface area contributed by atoms with Gasteiger partial charge in [0.15, 0.2) is 0 Å². The lowest BCUT2D eigenvalue weighted by molar-refractivity contribution is -0.117. The van der Waals surface area contributed by atoms with Gasteiger partial charge in [-0.15, -0.1) is 0 Å². The maximum Gasteiger partial charge on any atom is 0.318 e. The number of carbonyl (C=O) groups excluding carboxylic acids is 2. The minimum Gasteiger partial charge on any atom is -0.368 e. The lowest BCUT2D eigenvalue weighted by atomic mass is 10.2. The quantitative estimate of drug-likeness (QED) is 0.690. The molecule has 1 fully saturated rings. The predicted molar refractivity (Wildman–Crippen MR) is 114 cm³/mol. The third-order valence-electron chi connectivity index (χ3n) is 4.97. The van der Waals surface area contributed by atoms with Crippen molar-refractivity contribution < 1.29 is 9.59 Å². The maximum absolute atomic E-state index is 12.6. The number of rotatable bonds is 4. The number of para-hydroxylation sites is 1. The Morgan fingerprint density at radius 1 is 1.00 bits per heavy atom. The highest BCUT2D eigenvalue weighted by Gasteiger charge is 2.24. The van der Waals surface area contributed by atoms with Gasteiger partial charge in [0.2, 0.25) is 5.91 Å². The molecule has 150 valence electrons. The molecule has 0 aliphatic carbocycles. The minimum atomic E-state index is -0.670. The summed E-state index contributed by atoms with van der Waals surface area (Å²) in [7, 11) is 0. The zero-order valence-electron chi connectivity index (χ0n) is 16.0. The van der Waals surface area contributed by atoms with Gasteiger partial charge >= 0.3 is 6.03 Å². The molecule has 0 radical (unpaired) electrons. The monoisotopic (exact) mass is 410 g/mol. The van der Waals surface area contributed by atoms with Gasteiger partial charge in [-0.3, -0.25) is 4.79 Å². The standard InChI is InChI=1S/C20H22N6O2S/c1-14(19(27)22-16-8-5-9-17-18(16)24-29-23-17)21-20(28)26-12-10-25(11-13-26)15-6-3-2-4-7-15/h2-9,14H,10-13H2,1H3,(H,21,28)(H,22,27)/t14-/m1/s1. The summed E-state index contributed by atoms with van der Waals surface area (Å²) in [5, 5.41) is 5.62. The number of nitrogens with zero attached hydrogens (tertiary/aromatic N) is 4. The van der Waals surface area contributed by atoms with Crippen molar-refractivity contribution >= 4 is 46.1 Å². The van der Waals surface area contributed by atoms with Crippen LogP contribution in [-0.4, -0.2) is 57.8 Å². The molecule has 2 aromatic carbocycles. The number of carbonyl (C=O) groups is 2. The Bertz CT molecular complexity index is 1000. The summed E-state index contributed by atoms with van der Waals surface area (Å²) >= 11 is 1.10. The van der Waals surface area contributed by atoms with Gasteiger partial charge in [-0.25, -0.2) is 4.79 Å². The van der Waals surface area contributed by atoms with Crippen LogP contribution in [0.2, 0.25) is 0 Å². The first-order valence-corrected chi connectivity index (χ1v) is 10.2. The molecule has 1 saturated heterocycles. The van der Waals surface area contributed by atoms with Crippen LogP contribution in [-0.2, 0) is 4.79 Å². The van der Waals surface area contributed by atoms with Gasteiger partial charge in [0, 0.05) is 31.9 Å². The van der Waals surface area contributed by atoms with Crippen LogP contribution in [0.1, 0.15) is 6.92 Å². The second-order valence-electron chi connectivity index (χ2n) is 6.91. The summed E-state index contributed by atoms with van der Waals surface area (Å²) in [6.07, 6.45) is 0. The van der Waals surface area contributed by atoms with Crippen LogP contribution in [0.15, 0.2) is 48.5 Å². The lowest BCUT2D eigenvalue weighted by Gasteiger charge is -2.36. The van der Waals surface area contributed by atoms with Crippen LogP contribution < -0.4 is 15.5 Å². The van der Waals surface area contributed by atoms with Crippen LogP contribution in [0, 0.1) is 0 Å². The number of amides is 3. The molecule has 8 nitrogen and oxygen atoms in total. The van der Waals surface area contributed by atoms with E-state index in [1.807, 2.05) is 30.3 Å². The molecule has 1 aromatic heterocycles. The Morgan fingerprint density at radius 3 is 2.52 bits per heavy atom. The second-order valence-corrected chi connectivity index (χ2v) is 7.44. The molecule has 9 heteroatoms. The van der Waals surface area contributed by atoms with E-state index in [9.17, 15) is 9.59 Å². The van der Waals surface area contributed by atoms with E-state index in [-0.39, 0.29) is 11.9 Å². The molecule has 29 heavy (non-hydrogen) atoms. The van der Waals surface area contributed by atoms with Crippen molar-refractivity contribution in [3.8, 4) is 0 Å². The van der Waals surface area contributed by atoms with Crippen molar-refractivity contribution in [3.63, 3.8) is 0 Å². The van der Waals surface area contributed by atoms with Crippen LogP contribution in [0.25, 0.3) is 11.0 Å². The van der Waals surface area contributed by atoms with Crippen molar-refractivity contribution in [1.29, 1.82) is 0 Å². The van der Waals surface area contributed by atoms with Crippen molar-refractivity contribution in [2.24, 2.45) is 0 Å². The molecule has 4 rings (SSSR count). The van der Waals surface area contributed by atoms with E-state index < -0.39 is 6.04 Å².